The van der Waals surface area contributed by atoms with Crippen LogP contribution in [0.15, 0.2) is 46.0 Å². The Labute approximate surface area is 147 Å². The fourth-order valence-corrected chi connectivity index (χ4v) is 3.49. The van der Waals surface area contributed by atoms with Gasteiger partial charge in [-0.15, -0.1) is 22.7 Å². The number of anilines is 1. The second-order valence-corrected chi connectivity index (χ2v) is 6.75. The average Bonchev–Trinajstić information content (AvgIpc) is 3.19. The Kier molecular flexibility index (Phi) is 4.73. The van der Waals surface area contributed by atoms with Crippen LogP contribution in [0, 0.1) is 0 Å². The zero-order valence-electron chi connectivity index (χ0n) is 12.4. The maximum atomic E-state index is 12.7. The average molecular weight is 385 g/mol. The number of thiazole rings is 1. The maximum Gasteiger partial charge on any atom is 0.417 e. The van der Waals surface area contributed by atoms with Crippen molar-refractivity contribution in [2.45, 2.75) is 12.7 Å². The number of hydrogen-bond donors (Lipinski definition) is 1. The molecule has 0 radical (unpaired) electrons. The third-order valence-electron chi connectivity index (χ3n) is 3.15. The highest BCUT2D eigenvalue weighted by Gasteiger charge is 2.31. The standard InChI is InChI=1S/C15H10F3N3O2S2/c16-15(17,18)9-3-4-13(23)21(6-9)7-12(22)20-14-19-10(8-25-14)11-2-1-5-24-11/h1-6,8H,7H2,(H,19,20,22). The summed E-state index contributed by atoms with van der Waals surface area (Å²) >= 11 is 2.69. The fraction of sp³-hybridized carbons (Fsp3) is 0.133. The number of alkyl halides is 3. The summed E-state index contributed by atoms with van der Waals surface area (Å²) in [5, 5.41) is 6.46. The van der Waals surface area contributed by atoms with Crippen LogP contribution in [-0.2, 0) is 17.5 Å². The van der Waals surface area contributed by atoms with Crippen LogP contribution >= 0.6 is 22.7 Å². The van der Waals surface area contributed by atoms with Crippen LogP contribution in [0.1, 0.15) is 5.56 Å². The van der Waals surface area contributed by atoms with Gasteiger partial charge in [0.25, 0.3) is 5.56 Å². The first-order valence-electron chi connectivity index (χ1n) is 6.90. The first kappa shape index (κ1) is 17.4. The van der Waals surface area contributed by atoms with Gasteiger partial charge < -0.3 is 9.88 Å². The third-order valence-corrected chi connectivity index (χ3v) is 4.80. The van der Waals surface area contributed by atoms with Crippen molar-refractivity contribution >= 4 is 33.7 Å². The summed E-state index contributed by atoms with van der Waals surface area (Å²) in [6.07, 6.45) is -3.96. The normalized spacial score (nSPS) is 11.5. The molecule has 0 unspecified atom stereocenters. The molecule has 10 heteroatoms. The van der Waals surface area contributed by atoms with Gasteiger partial charge in [-0.3, -0.25) is 9.59 Å². The predicted octanol–water partition coefficient (Wildman–Crippen LogP) is 3.69. The molecule has 1 N–H and O–H groups in total. The number of rotatable bonds is 4. The number of nitrogens with one attached hydrogen (secondary N) is 1. The molecule has 5 nitrogen and oxygen atoms in total. The Morgan fingerprint density at radius 3 is 2.72 bits per heavy atom. The van der Waals surface area contributed by atoms with E-state index in [4.69, 9.17) is 0 Å². The molecule has 25 heavy (non-hydrogen) atoms. The Balaban J connectivity index is 1.72. The summed E-state index contributed by atoms with van der Waals surface area (Å²) in [5.74, 6) is -0.631. The van der Waals surface area contributed by atoms with E-state index in [1.807, 2.05) is 17.5 Å². The molecule has 0 atom stereocenters. The van der Waals surface area contributed by atoms with Crippen molar-refractivity contribution in [3.8, 4) is 10.6 Å². The van der Waals surface area contributed by atoms with Gasteiger partial charge in [0.05, 0.1) is 16.1 Å². The molecular weight excluding hydrogens is 375 g/mol. The lowest BCUT2D eigenvalue weighted by molar-refractivity contribution is -0.138. The summed E-state index contributed by atoms with van der Waals surface area (Å²) in [6.45, 7) is -0.531. The van der Waals surface area contributed by atoms with Gasteiger partial charge >= 0.3 is 6.18 Å². The maximum absolute atomic E-state index is 12.7. The van der Waals surface area contributed by atoms with Gasteiger partial charge in [-0.25, -0.2) is 4.98 Å². The van der Waals surface area contributed by atoms with Gasteiger partial charge in [-0.05, 0) is 17.5 Å². The lowest BCUT2D eigenvalue weighted by atomic mass is 10.3. The lowest BCUT2D eigenvalue weighted by Gasteiger charge is -2.10. The van der Waals surface area contributed by atoms with Crippen molar-refractivity contribution in [3.05, 3.63) is 57.1 Å². The van der Waals surface area contributed by atoms with E-state index >= 15 is 0 Å². The second kappa shape index (κ2) is 6.81. The molecule has 0 saturated carbocycles. The highest BCUT2D eigenvalue weighted by Crippen LogP contribution is 2.29. The Hall–Kier alpha value is -2.46. The van der Waals surface area contributed by atoms with Crippen LogP contribution in [0.2, 0.25) is 0 Å². The highest BCUT2D eigenvalue weighted by atomic mass is 32.1. The van der Waals surface area contributed by atoms with Crippen LogP contribution in [0.25, 0.3) is 10.6 Å². The SMILES string of the molecule is O=C(Cn1cc(C(F)(F)F)ccc1=O)Nc1nc(-c2cccs2)cs1. The minimum absolute atomic E-state index is 0.313. The molecule has 0 fully saturated rings. The highest BCUT2D eigenvalue weighted by molar-refractivity contribution is 7.16. The molecule has 0 aliphatic rings. The molecule has 0 aromatic carbocycles. The number of carbonyl (C=O) groups is 1. The van der Waals surface area contributed by atoms with E-state index in [0.717, 1.165) is 10.9 Å². The number of pyridine rings is 1. The summed E-state index contributed by atoms with van der Waals surface area (Å²) in [7, 11) is 0. The molecule has 3 rings (SSSR count). The van der Waals surface area contributed by atoms with E-state index in [1.54, 1.807) is 5.38 Å². The molecule has 0 aliphatic heterocycles. The molecule has 1 amide bonds. The largest absolute Gasteiger partial charge is 0.417 e. The van der Waals surface area contributed by atoms with E-state index in [-0.39, 0.29) is 0 Å². The number of aromatic nitrogens is 2. The first-order valence-corrected chi connectivity index (χ1v) is 8.66. The Morgan fingerprint density at radius 2 is 2.04 bits per heavy atom. The molecule has 3 heterocycles. The van der Waals surface area contributed by atoms with Crippen molar-refractivity contribution < 1.29 is 18.0 Å². The van der Waals surface area contributed by atoms with Crippen LogP contribution < -0.4 is 10.9 Å². The van der Waals surface area contributed by atoms with E-state index < -0.39 is 29.8 Å². The van der Waals surface area contributed by atoms with E-state index in [1.165, 1.54) is 22.7 Å². The summed E-state index contributed by atoms with van der Waals surface area (Å²) in [5.41, 5.74) is -0.984. The zero-order chi connectivity index (χ0) is 18.0. The van der Waals surface area contributed by atoms with Gasteiger partial charge in [0, 0.05) is 17.6 Å². The zero-order valence-corrected chi connectivity index (χ0v) is 14.0. The molecule has 0 aliphatic carbocycles. The smallest absolute Gasteiger partial charge is 0.305 e. The Morgan fingerprint density at radius 1 is 1.24 bits per heavy atom. The number of amides is 1. The summed E-state index contributed by atoms with van der Waals surface area (Å²) in [6, 6.07) is 5.23. The minimum Gasteiger partial charge on any atom is -0.305 e. The third kappa shape index (κ3) is 4.15. The van der Waals surface area contributed by atoms with E-state index in [2.05, 4.69) is 10.3 Å². The van der Waals surface area contributed by atoms with Crippen molar-refractivity contribution in [1.29, 1.82) is 0 Å². The lowest BCUT2D eigenvalue weighted by Crippen LogP contribution is -2.28. The minimum atomic E-state index is -4.59. The van der Waals surface area contributed by atoms with Crippen molar-refractivity contribution in [2.24, 2.45) is 0 Å². The van der Waals surface area contributed by atoms with Gasteiger partial charge in [-0.2, -0.15) is 13.2 Å². The van der Waals surface area contributed by atoms with Gasteiger partial charge in [0.15, 0.2) is 5.13 Å². The van der Waals surface area contributed by atoms with Crippen LogP contribution in [0.3, 0.4) is 0 Å². The molecule has 0 spiro atoms. The Bertz CT molecular complexity index is 946. The van der Waals surface area contributed by atoms with Crippen molar-refractivity contribution in [2.75, 3.05) is 5.32 Å². The molecule has 3 aromatic rings. The van der Waals surface area contributed by atoms with Crippen molar-refractivity contribution in [1.82, 2.24) is 9.55 Å². The quantitative estimate of drug-likeness (QED) is 0.745. The molecular formula is C15H10F3N3O2S2. The van der Waals surface area contributed by atoms with Crippen LogP contribution in [0.5, 0.6) is 0 Å². The van der Waals surface area contributed by atoms with Crippen LogP contribution in [0.4, 0.5) is 18.3 Å². The fourth-order valence-electron chi connectivity index (χ4n) is 2.00. The van der Waals surface area contributed by atoms with Gasteiger partial charge in [0.1, 0.15) is 6.54 Å². The van der Waals surface area contributed by atoms with Gasteiger partial charge in [0.2, 0.25) is 5.91 Å². The first-order chi connectivity index (χ1) is 11.8. The van der Waals surface area contributed by atoms with E-state index in [9.17, 15) is 22.8 Å². The molecule has 130 valence electrons. The number of carbonyl (C=O) groups excluding carboxylic acids is 1. The van der Waals surface area contributed by atoms with Crippen LogP contribution in [-0.4, -0.2) is 15.5 Å². The number of hydrogen-bond acceptors (Lipinski definition) is 5. The monoisotopic (exact) mass is 385 g/mol. The number of nitrogens with zero attached hydrogens (tertiary/aromatic N) is 2. The molecule has 0 saturated heterocycles. The summed E-state index contributed by atoms with van der Waals surface area (Å²) < 4.78 is 38.8. The topological polar surface area (TPSA) is 64.0 Å². The van der Waals surface area contributed by atoms with Gasteiger partial charge in [-0.1, -0.05) is 6.07 Å². The number of thiophene rings is 1. The molecule has 3 aromatic heterocycles. The number of halogens is 3. The van der Waals surface area contributed by atoms with Crippen molar-refractivity contribution in [3.63, 3.8) is 0 Å². The van der Waals surface area contributed by atoms with E-state index in [0.29, 0.717) is 27.7 Å². The predicted molar refractivity (Wildman–Crippen MR) is 89.8 cm³/mol. The second-order valence-electron chi connectivity index (χ2n) is 4.95. The molecule has 0 bridgehead atoms. The summed E-state index contributed by atoms with van der Waals surface area (Å²) in [4.78, 5) is 28.8.